The molecule has 1 aromatic rings. The Morgan fingerprint density at radius 1 is 1.35 bits per heavy atom. The maximum Gasteiger partial charge on any atom is 0.244 e. The molecule has 0 amide bonds. The minimum Gasteiger partial charge on any atom is -0.399 e. The smallest absolute Gasteiger partial charge is 0.244 e. The van der Waals surface area contributed by atoms with Gasteiger partial charge < -0.3 is 5.73 Å². The summed E-state index contributed by atoms with van der Waals surface area (Å²) in [4.78, 5) is 0.0782. The van der Waals surface area contributed by atoms with E-state index in [0.29, 0.717) is 18.8 Å². The van der Waals surface area contributed by atoms with E-state index in [4.69, 9.17) is 17.3 Å². The van der Waals surface area contributed by atoms with Crippen molar-refractivity contribution >= 4 is 27.3 Å². The molecule has 0 radical (unpaired) electrons. The van der Waals surface area contributed by atoms with Crippen LogP contribution in [0.5, 0.6) is 0 Å². The van der Waals surface area contributed by atoms with Crippen LogP contribution >= 0.6 is 11.6 Å². The van der Waals surface area contributed by atoms with Crippen molar-refractivity contribution in [3.8, 4) is 0 Å². The molecule has 6 heteroatoms. The van der Waals surface area contributed by atoms with Crippen LogP contribution in [-0.2, 0) is 10.0 Å². The molecule has 1 aromatic carbocycles. The molecule has 0 heterocycles. The molecule has 17 heavy (non-hydrogen) atoms. The second-order valence-corrected chi connectivity index (χ2v) is 6.00. The summed E-state index contributed by atoms with van der Waals surface area (Å²) < 4.78 is 26.0. The summed E-state index contributed by atoms with van der Waals surface area (Å²) in [7, 11) is -3.55. The highest BCUT2D eigenvalue weighted by atomic mass is 35.5. The summed E-state index contributed by atoms with van der Waals surface area (Å²) in [5.74, 6) is 0. The Bertz CT molecular complexity index is 488. The van der Waals surface area contributed by atoms with E-state index in [2.05, 4.69) is 0 Å². The summed E-state index contributed by atoms with van der Waals surface area (Å²) in [5, 5.41) is 0.203. The van der Waals surface area contributed by atoms with Gasteiger partial charge >= 0.3 is 0 Å². The number of sulfonamides is 1. The van der Waals surface area contributed by atoms with E-state index >= 15 is 0 Å². The van der Waals surface area contributed by atoms with Crippen LogP contribution in [0.25, 0.3) is 0 Å². The third kappa shape index (κ3) is 3.12. The number of nitrogen functional groups attached to an aromatic ring is 1. The zero-order valence-electron chi connectivity index (χ0n) is 9.98. The van der Waals surface area contributed by atoms with Crippen LogP contribution in [0.1, 0.15) is 20.3 Å². The molecule has 0 atom stereocenters. The first kappa shape index (κ1) is 14.3. The number of halogens is 1. The van der Waals surface area contributed by atoms with Gasteiger partial charge in [0.1, 0.15) is 4.90 Å². The fourth-order valence-electron chi connectivity index (χ4n) is 1.55. The maximum absolute atomic E-state index is 12.3. The molecule has 96 valence electrons. The molecule has 0 unspecified atom stereocenters. The Kier molecular flexibility index (Phi) is 4.80. The minimum atomic E-state index is -3.55. The van der Waals surface area contributed by atoms with Gasteiger partial charge in [-0.1, -0.05) is 25.4 Å². The second-order valence-electron chi connectivity index (χ2n) is 3.69. The third-order valence-electron chi connectivity index (χ3n) is 2.40. The van der Waals surface area contributed by atoms with E-state index in [9.17, 15) is 8.42 Å². The topological polar surface area (TPSA) is 63.4 Å². The largest absolute Gasteiger partial charge is 0.399 e. The summed E-state index contributed by atoms with van der Waals surface area (Å²) in [6.07, 6.45) is 0.757. The number of hydrogen-bond donors (Lipinski definition) is 1. The molecule has 0 spiro atoms. The number of rotatable bonds is 5. The van der Waals surface area contributed by atoms with Crippen LogP contribution in [0.3, 0.4) is 0 Å². The molecule has 0 bridgehead atoms. The molecule has 2 N–H and O–H groups in total. The standard InChI is InChI=1S/C11H17ClN2O2S/c1-3-7-14(4-2)17(15,16)11-8-9(13)5-6-10(11)12/h5-6,8H,3-4,7,13H2,1-2H3. The molecule has 0 fully saturated rings. The van der Waals surface area contributed by atoms with Crippen molar-refractivity contribution in [2.75, 3.05) is 18.8 Å². The average Bonchev–Trinajstić information content (AvgIpc) is 2.28. The highest BCUT2D eigenvalue weighted by molar-refractivity contribution is 7.89. The molecule has 0 saturated heterocycles. The Labute approximate surface area is 107 Å². The van der Waals surface area contributed by atoms with Crippen molar-refractivity contribution in [1.29, 1.82) is 0 Å². The van der Waals surface area contributed by atoms with Gasteiger partial charge in [-0.3, -0.25) is 0 Å². The van der Waals surface area contributed by atoms with Crippen LogP contribution in [0.2, 0.25) is 5.02 Å². The van der Waals surface area contributed by atoms with Crippen LogP contribution < -0.4 is 5.73 Å². The number of nitrogens with zero attached hydrogens (tertiary/aromatic N) is 1. The lowest BCUT2D eigenvalue weighted by Gasteiger charge is -2.20. The van der Waals surface area contributed by atoms with E-state index in [1.54, 1.807) is 13.0 Å². The molecule has 4 nitrogen and oxygen atoms in total. The summed E-state index contributed by atoms with van der Waals surface area (Å²) in [6, 6.07) is 4.48. The van der Waals surface area contributed by atoms with Crippen LogP contribution in [0.15, 0.2) is 23.1 Å². The Morgan fingerprint density at radius 3 is 2.53 bits per heavy atom. The predicted molar refractivity (Wildman–Crippen MR) is 70.6 cm³/mol. The van der Waals surface area contributed by atoms with Gasteiger partial charge in [-0.2, -0.15) is 4.31 Å². The summed E-state index contributed by atoms with van der Waals surface area (Å²) >= 11 is 5.92. The van der Waals surface area contributed by atoms with Gasteiger partial charge in [0.25, 0.3) is 0 Å². The van der Waals surface area contributed by atoms with Gasteiger partial charge in [-0.05, 0) is 24.6 Å². The van der Waals surface area contributed by atoms with Crippen LogP contribution in [-0.4, -0.2) is 25.8 Å². The molecule has 0 aliphatic heterocycles. The van der Waals surface area contributed by atoms with Crippen molar-refractivity contribution in [1.82, 2.24) is 4.31 Å². The quantitative estimate of drug-likeness (QED) is 0.840. The van der Waals surface area contributed by atoms with Crippen molar-refractivity contribution in [3.63, 3.8) is 0 Å². The number of anilines is 1. The molecular weight excluding hydrogens is 260 g/mol. The van der Waals surface area contributed by atoms with E-state index in [1.165, 1.54) is 16.4 Å². The molecule has 0 aromatic heterocycles. The highest BCUT2D eigenvalue weighted by Crippen LogP contribution is 2.26. The van der Waals surface area contributed by atoms with E-state index in [1.807, 2.05) is 6.92 Å². The van der Waals surface area contributed by atoms with Crippen molar-refractivity contribution < 1.29 is 8.42 Å². The van der Waals surface area contributed by atoms with Gasteiger partial charge in [0, 0.05) is 18.8 Å². The van der Waals surface area contributed by atoms with E-state index in [-0.39, 0.29) is 9.92 Å². The highest BCUT2D eigenvalue weighted by Gasteiger charge is 2.24. The van der Waals surface area contributed by atoms with Gasteiger partial charge in [-0.25, -0.2) is 8.42 Å². The zero-order valence-corrected chi connectivity index (χ0v) is 11.6. The van der Waals surface area contributed by atoms with Crippen molar-refractivity contribution in [2.24, 2.45) is 0 Å². The Balaban J connectivity index is 3.24. The van der Waals surface area contributed by atoms with Crippen molar-refractivity contribution in [3.05, 3.63) is 23.2 Å². The van der Waals surface area contributed by atoms with Crippen LogP contribution in [0, 0.1) is 0 Å². The lowest BCUT2D eigenvalue weighted by atomic mass is 10.3. The Morgan fingerprint density at radius 2 is 2.00 bits per heavy atom. The van der Waals surface area contributed by atoms with E-state index in [0.717, 1.165) is 6.42 Å². The monoisotopic (exact) mass is 276 g/mol. The second kappa shape index (κ2) is 5.71. The summed E-state index contributed by atoms with van der Waals surface area (Å²) in [5.41, 5.74) is 5.99. The Hall–Kier alpha value is -0.780. The molecule has 0 aliphatic rings. The predicted octanol–water partition coefficient (Wildman–Crippen LogP) is 2.34. The number of hydrogen-bond acceptors (Lipinski definition) is 3. The zero-order chi connectivity index (χ0) is 13.1. The van der Waals surface area contributed by atoms with Gasteiger partial charge in [0.05, 0.1) is 5.02 Å². The number of benzene rings is 1. The first-order chi connectivity index (χ1) is 7.93. The fraction of sp³-hybridized carbons (Fsp3) is 0.455. The van der Waals surface area contributed by atoms with Gasteiger partial charge in [0.15, 0.2) is 0 Å². The maximum atomic E-state index is 12.3. The van der Waals surface area contributed by atoms with Crippen molar-refractivity contribution in [2.45, 2.75) is 25.2 Å². The van der Waals surface area contributed by atoms with E-state index < -0.39 is 10.0 Å². The molecule has 0 aliphatic carbocycles. The summed E-state index contributed by atoms with van der Waals surface area (Å²) in [6.45, 7) is 4.62. The normalized spacial score (nSPS) is 12.0. The van der Waals surface area contributed by atoms with Crippen LogP contribution in [0.4, 0.5) is 5.69 Å². The lowest BCUT2D eigenvalue weighted by molar-refractivity contribution is 0.427. The lowest BCUT2D eigenvalue weighted by Crippen LogP contribution is -2.31. The average molecular weight is 277 g/mol. The fourth-order valence-corrected chi connectivity index (χ4v) is 3.60. The SMILES string of the molecule is CCCN(CC)S(=O)(=O)c1cc(N)ccc1Cl. The first-order valence-electron chi connectivity index (χ1n) is 5.48. The molecule has 1 rings (SSSR count). The van der Waals surface area contributed by atoms with Gasteiger partial charge in [-0.15, -0.1) is 0 Å². The minimum absolute atomic E-state index is 0.0782. The first-order valence-corrected chi connectivity index (χ1v) is 7.30. The number of nitrogens with two attached hydrogens (primary N) is 1. The molecular formula is C11H17ClN2O2S. The van der Waals surface area contributed by atoms with Gasteiger partial charge in [0.2, 0.25) is 10.0 Å². The third-order valence-corrected chi connectivity index (χ3v) is 4.85. The molecule has 0 saturated carbocycles.